The number of nitrogens with one attached hydrogen (secondary N) is 2. The molecular formula is C15H22ClN3O2. The molecule has 0 aromatic heterocycles. The molecule has 5 nitrogen and oxygen atoms in total. The summed E-state index contributed by atoms with van der Waals surface area (Å²) in [5.74, 6) is 0.295. The molecule has 2 amide bonds. The number of alkyl halides is 1. The summed E-state index contributed by atoms with van der Waals surface area (Å²) in [5, 5.41) is 5.50. The van der Waals surface area contributed by atoms with Crippen LogP contribution in [-0.4, -0.2) is 44.9 Å². The van der Waals surface area contributed by atoms with Crippen molar-refractivity contribution in [3.05, 3.63) is 29.8 Å². The predicted octanol–water partition coefficient (Wildman–Crippen LogP) is 1.62. The van der Waals surface area contributed by atoms with E-state index in [0.717, 1.165) is 5.69 Å². The van der Waals surface area contributed by atoms with Crippen molar-refractivity contribution >= 4 is 29.1 Å². The van der Waals surface area contributed by atoms with Crippen LogP contribution in [0.15, 0.2) is 24.3 Å². The second-order valence-corrected chi connectivity index (χ2v) is 5.22. The van der Waals surface area contributed by atoms with Gasteiger partial charge in [0.15, 0.2) is 0 Å². The van der Waals surface area contributed by atoms with Crippen molar-refractivity contribution in [3.63, 3.8) is 0 Å². The summed E-state index contributed by atoms with van der Waals surface area (Å²) in [4.78, 5) is 25.2. The highest BCUT2D eigenvalue weighted by Gasteiger charge is 2.05. The largest absolute Gasteiger partial charge is 0.378 e. The van der Waals surface area contributed by atoms with Crippen LogP contribution in [0.4, 0.5) is 5.69 Å². The van der Waals surface area contributed by atoms with Gasteiger partial charge in [-0.3, -0.25) is 9.59 Å². The van der Waals surface area contributed by atoms with Crippen molar-refractivity contribution in [2.24, 2.45) is 0 Å². The third-order valence-corrected chi connectivity index (χ3v) is 3.18. The zero-order valence-electron chi connectivity index (χ0n) is 12.5. The summed E-state index contributed by atoms with van der Waals surface area (Å²) in [6, 6.07) is 7.35. The summed E-state index contributed by atoms with van der Waals surface area (Å²) in [7, 11) is 3.89. The number of carbonyl (C=O) groups excluding carboxylic acids is 2. The van der Waals surface area contributed by atoms with Crippen molar-refractivity contribution in [1.29, 1.82) is 0 Å². The van der Waals surface area contributed by atoms with E-state index >= 15 is 0 Å². The maximum Gasteiger partial charge on any atom is 0.251 e. The molecule has 0 aliphatic heterocycles. The monoisotopic (exact) mass is 311 g/mol. The number of nitrogens with zero attached hydrogens (tertiary/aromatic N) is 1. The van der Waals surface area contributed by atoms with Gasteiger partial charge in [0, 0.05) is 50.7 Å². The van der Waals surface area contributed by atoms with Gasteiger partial charge in [-0.05, 0) is 30.7 Å². The zero-order chi connectivity index (χ0) is 15.7. The van der Waals surface area contributed by atoms with Gasteiger partial charge < -0.3 is 15.5 Å². The quantitative estimate of drug-likeness (QED) is 0.566. The Balaban J connectivity index is 2.29. The minimum absolute atomic E-state index is 0.0414. The summed E-state index contributed by atoms with van der Waals surface area (Å²) in [6.07, 6.45) is 1.08. The van der Waals surface area contributed by atoms with E-state index in [2.05, 4.69) is 10.6 Å². The van der Waals surface area contributed by atoms with Crippen LogP contribution in [0.25, 0.3) is 0 Å². The van der Waals surface area contributed by atoms with Gasteiger partial charge in [-0.1, -0.05) is 0 Å². The minimum Gasteiger partial charge on any atom is -0.378 e. The minimum atomic E-state index is -0.143. The number of hydrogen-bond donors (Lipinski definition) is 2. The normalized spacial score (nSPS) is 10.0. The van der Waals surface area contributed by atoms with Gasteiger partial charge in [-0.2, -0.15) is 0 Å². The highest BCUT2D eigenvalue weighted by molar-refractivity contribution is 6.17. The molecule has 116 valence electrons. The topological polar surface area (TPSA) is 61.4 Å². The molecule has 21 heavy (non-hydrogen) atoms. The highest BCUT2D eigenvalue weighted by atomic mass is 35.5. The van der Waals surface area contributed by atoms with Gasteiger partial charge in [0.25, 0.3) is 5.91 Å². The first-order chi connectivity index (χ1) is 10.0. The molecule has 0 fully saturated rings. The first-order valence-electron chi connectivity index (χ1n) is 6.93. The van der Waals surface area contributed by atoms with Gasteiger partial charge in [0.05, 0.1) is 0 Å². The Morgan fingerprint density at radius 1 is 1.10 bits per heavy atom. The number of rotatable bonds is 8. The number of halogens is 1. The summed E-state index contributed by atoms with van der Waals surface area (Å²) in [5.41, 5.74) is 1.65. The molecule has 1 aromatic carbocycles. The van der Waals surface area contributed by atoms with E-state index in [1.807, 2.05) is 31.1 Å². The molecule has 1 rings (SSSR count). The average molecular weight is 312 g/mol. The van der Waals surface area contributed by atoms with Crippen molar-refractivity contribution in [3.8, 4) is 0 Å². The lowest BCUT2D eigenvalue weighted by Gasteiger charge is -2.12. The number of hydrogen-bond acceptors (Lipinski definition) is 3. The molecule has 1 aromatic rings. The Morgan fingerprint density at radius 2 is 1.71 bits per heavy atom. The summed E-state index contributed by atoms with van der Waals surface area (Å²) < 4.78 is 0. The molecule has 0 radical (unpaired) electrons. The fraction of sp³-hybridized carbons (Fsp3) is 0.467. The molecule has 0 heterocycles. The van der Waals surface area contributed by atoms with E-state index in [-0.39, 0.29) is 11.8 Å². The molecule has 0 spiro atoms. The van der Waals surface area contributed by atoms with Gasteiger partial charge >= 0.3 is 0 Å². The number of anilines is 1. The zero-order valence-corrected chi connectivity index (χ0v) is 13.2. The van der Waals surface area contributed by atoms with Crippen LogP contribution in [0.1, 0.15) is 23.2 Å². The fourth-order valence-corrected chi connectivity index (χ4v) is 1.84. The molecule has 0 bridgehead atoms. The Labute approximate surface area is 130 Å². The Bertz CT molecular complexity index is 460. The van der Waals surface area contributed by atoms with Crippen LogP contribution in [0.3, 0.4) is 0 Å². The molecule has 0 unspecified atom stereocenters. The fourth-order valence-electron chi connectivity index (χ4n) is 1.71. The molecule has 0 saturated heterocycles. The van der Waals surface area contributed by atoms with Crippen LogP contribution in [0.5, 0.6) is 0 Å². The number of benzene rings is 1. The first-order valence-corrected chi connectivity index (χ1v) is 7.46. The van der Waals surface area contributed by atoms with Crippen LogP contribution >= 0.6 is 11.6 Å². The predicted molar refractivity (Wildman–Crippen MR) is 86.1 cm³/mol. The lowest BCUT2D eigenvalue weighted by molar-refractivity contribution is -0.121. The van der Waals surface area contributed by atoms with Crippen LogP contribution in [-0.2, 0) is 4.79 Å². The van der Waals surface area contributed by atoms with Crippen molar-refractivity contribution in [2.75, 3.05) is 38.0 Å². The van der Waals surface area contributed by atoms with Gasteiger partial charge in [0.2, 0.25) is 5.91 Å². The van der Waals surface area contributed by atoms with E-state index in [9.17, 15) is 9.59 Å². The standard InChI is InChI=1S/C15H22ClN3O2/c1-19(2)13-7-5-12(6-8-13)15(21)18-11-10-17-14(20)4-3-9-16/h5-8H,3-4,9-11H2,1-2H3,(H,17,20)(H,18,21). The third kappa shape index (κ3) is 6.49. The maximum atomic E-state index is 11.9. The lowest BCUT2D eigenvalue weighted by Crippen LogP contribution is -2.34. The van der Waals surface area contributed by atoms with Crippen LogP contribution in [0.2, 0.25) is 0 Å². The highest BCUT2D eigenvalue weighted by Crippen LogP contribution is 2.11. The Kier molecular flexibility index (Phi) is 7.61. The average Bonchev–Trinajstić information content (AvgIpc) is 2.49. The van der Waals surface area contributed by atoms with E-state index in [1.54, 1.807) is 12.1 Å². The maximum absolute atomic E-state index is 11.9. The second kappa shape index (κ2) is 9.23. The molecule has 0 saturated carbocycles. The molecular weight excluding hydrogens is 290 g/mol. The van der Waals surface area contributed by atoms with E-state index in [0.29, 0.717) is 37.4 Å². The molecule has 6 heteroatoms. The SMILES string of the molecule is CN(C)c1ccc(C(=O)NCCNC(=O)CCCCl)cc1. The number of amides is 2. The van der Waals surface area contributed by atoms with E-state index in [1.165, 1.54) is 0 Å². The Hall–Kier alpha value is -1.75. The van der Waals surface area contributed by atoms with Crippen molar-refractivity contribution < 1.29 is 9.59 Å². The van der Waals surface area contributed by atoms with E-state index < -0.39 is 0 Å². The third-order valence-electron chi connectivity index (χ3n) is 2.92. The summed E-state index contributed by atoms with van der Waals surface area (Å²) >= 11 is 5.51. The van der Waals surface area contributed by atoms with Crippen molar-refractivity contribution in [1.82, 2.24) is 10.6 Å². The lowest BCUT2D eigenvalue weighted by atomic mass is 10.2. The second-order valence-electron chi connectivity index (χ2n) is 4.84. The number of carbonyl (C=O) groups is 2. The van der Waals surface area contributed by atoms with Crippen molar-refractivity contribution in [2.45, 2.75) is 12.8 Å². The molecule has 0 aliphatic carbocycles. The van der Waals surface area contributed by atoms with Gasteiger partial charge in [-0.25, -0.2) is 0 Å². The van der Waals surface area contributed by atoms with E-state index in [4.69, 9.17) is 11.6 Å². The smallest absolute Gasteiger partial charge is 0.251 e. The van der Waals surface area contributed by atoms with Crippen LogP contribution in [0, 0.1) is 0 Å². The first kappa shape index (κ1) is 17.3. The van der Waals surface area contributed by atoms with Crippen LogP contribution < -0.4 is 15.5 Å². The molecule has 0 atom stereocenters. The van der Waals surface area contributed by atoms with Gasteiger partial charge in [-0.15, -0.1) is 11.6 Å². The summed E-state index contributed by atoms with van der Waals surface area (Å²) in [6.45, 7) is 0.823. The molecule has 2 N–H and O–H groups in total. The molecule has 0 aliphatic rings. The van der Waals surface area contributed by atoms with Gasteiger partial charge in [0.1, 0.15) is 0 Å². The Morgan fingerprint density at radius 3 is 2.29 bits per heavy atom.